The first-order valence-electron chi connectivity index (χ1n) is 13.9. The molecule has 3 heterocycles. The minimum absolute atomic E-state index is 0.0456. The number of rotatable bonds is 11. The summed E-state index contributed by atoms with van der Waals surface area (Å²) >= 11 is 5.69. The summed E-state index contributed by atoms with van der Waals surface area (Å²) in [5, 5.41) is 15.6. The van der Waals surface area contributed by atoms with Crippen LogP contribution in [0.4, 0.5) is 16.2 Å². The number of aliphatic hydroxyl groups excluding tert-OH is 1. The smallest absolute Gasteiger partial charge is 0.462 e. The molecule has 0 spiro atoms. The number of aliphatic hydroxyl groups is 1. The number of ether oxygens (including phenoxy) is 2. The Morgan fingerprint density at radius 2 is 2.00 bits per heavy atom. The second-order valence-electron chi connectivity index (χ2n) is 10.7. The van der Waals surface area contributed by atoms with Crippen molar-refractivity contribution in [3.63, 3.8) is 0 Å². The normalized spacial score (nSPS) is 22.9. The molecule has 1 saturated heterocycles. The van der Waals surface area contributed by atoms with Gasteiger partial charge in [-0.15, -0.1) is 4.52 Å². The molecule has 1 aliphatic heterocycles. The number of alkyl halides is 1. The van der Waals surface area contributed by atoms with Gasteiger partial charge in [-0.1, -0.05) is 36.4 Å². The fourth-order valence-electron chi connectivity index (χ4n) is 4.87. The van der Waals surface area contributed by atoms with Crippen molar-refractivity contribution < 1.29 is 33.1 Å². The molecule has 5 rings (SSSR count). The third-order valence-corrected chi connectivity index (χ3v) is 9.04. The lowest BCUT2D eigenvalue weighted by Gasteiger charge is -2.24. The van der Waals surface area contributed by atoms with Crippen molar-refractivity contribution in [2.24, 2.45) is 0 Å². The Morgan fingerprint density at radius 1 is 1.27 bits per heavy atom. The quantitative estimate of drug-likeness (QED) is 0.122. The molecular weight excluding hydrogens is 612 g/mol. The lowest BCUT2D eigenvalue weighted by Crippen LogP contribution is -2.41. The van der Waals surface area contributed by atoms with Crippen LogP contribution in [0.5, 0.6) is 5.75 Å². The molecule has 0 radical (unpaired) electrons. The van der Waals surface area contributed by atoms with Gasteiger partial charge in [-0.3, -0.25) is 9.36 Å². The zero-order chi connectivity index (χ0) is 31.8. The predicted octanol–water partition coefficient (Wildman–Crippen LogP) is 4.02. The SMILES string of the molecule is CNc1nc(N)nc2c1ncn2[C@@H]1O[C@H](CO[P+](=S)N(Oc2cccc3ccccc23)[C@H](C)C(=O)OC(C)C)[C@@H](O)[C@@]1(C)F. The number of halogens is 1. The van der Waals surface area contributed by atoms with Gasteiger partial charge in [0.05, 0.1) is 17.3 Å². The topological polar surface area (TPSA) is 159 Å². The van der Waals surface area contributed by atoms with Crippen LogP contribution in [0, 0.1) is 0 Å². The Balaban J connectivity index is 1.37. The number of hydrogen-bond acceptors (Lipinski definition) is 12. The molecule has 0 aliphatic carbocycles. The number of aromatic nitrogens is 4. The van der Waals surface area contributed by atoms with Gasteiger partial charge in [0.1, 0.15) is 18.8 Å². The molecule has 0 bridgehead atoms. The van der Waals surface area contributed by atoms with Crippen LogP contribution in [0.3, 0.4) is 0 Å². The second kappa shape index (κ2) is 12.8. The molecule has 1 unspecified atom stereocenters. The van der Waals surface area contributed by atoms with Gasteiger partial charge < -0.3 is 30.5 Å². The molecule has 16 heteroatoms. The zero-order valence-corrected chi connectivity index (χ0v) is 26.5. The number of benzene rings is 2. The first kappa shape index (κ1) is 31.8. The van der Waals surface area contributed by atoms with E-state index >= 15 is 4.39 Å². The van der Waals surface area contributed by atoms with E-state index in [9.17, 15) is 9.90 Å². The highest BCUT2D eigenvalue weighted by Crippen LogP contribution is 2.44. The number of carbonyl (C=O) groups is 1. The first-order chi connectivity index (χ1) is 20.9. The molecule has 2 aromatic heterocycles. The van der Waals surface area contributed by atoms with E-state index in [1.165, 1.54) is 22.7 Å². The second-order valence-corrected chi connectivity index (χ2v) is 12.8. The van der Waals surface area contributed by atoms with Crippen LogP contribution < -0.4 is 15.9 Å². The summed E-state index contributed by atoms with van der Waals surface area (Å²) in [6.07, 6.45) is -3.09. The van der Waals surface area contributed by atoms with Crippen LogP contribution in [0.15, 0.2) is 48.8 Å². The summed E-state index contributed by atoms with van der Waals surface area (Å²) in [5.74, 6) is 0.203. The third-order valence-electron chi connectivity index (χ3n) is 7.12. The van der Waals surface area contributed by atoms with Gasteiger partial charge in [0.2, 0.25) is 17.8 Å². The van der Waals surface area contributed by atoms with E-state index in [1.54, 1.807) is 33.9 Å². The van der Waals surface area contributed by atoms with Crippen LogP contribution in [-0.2, 0) is 30.6 Å². The van der Waals surface area contributed by atoms with Crippen LogP contribution in [0.25, 0.3) is 21.9 Å². The van der Waals surface area contributed by atoms with E-state index in [2.05, 4.69) is 20.3 Å². The summed E-state index contributed by atoms with van der Waals surface area (Å²) in [5.41, 5.74) is 4.15. The highest BCUT2D eigenvalue weighted by atomic mass is 32.4. The number of carbonyl (C=O) groups excluding carboxylic acids is 1. The molecule has 1 fully saturated rings. The minimum atomic E-state index is -2.28. The van der Waals surface area contributed by atoms with E-state index in [1.807, 2.05) is 36.4 Å². The van der Waals surface area contributed by atoms with Gasteiger partial charge in [-0.25, -0.2) is 9.37 Å². The molecule has 13 nitrogen and oxygen atoms in total. The Hall–Kier alpha value is -3.59. The monoisotopic (exact) mass is 646 g/mol. The van der Waals surface area contributed by atoms with Crippen molar-refractivity contribution in [2.75, 3.05) is 24.7 Å². The van der Waals surface area contributed by atoms with Gasteiger partial charge in [0, 0.05) is 12.4 Å². The number of nitrogens with zero attached hydrogens (tertiary/aromatic N) is 5. The average molecular weight is 647 g/mol. The van der Waals surface area contributed by atoms with Crippen molar-refractivity contribution in [1.29, 1.82) is 0 Å². The van der Waals surface area contributed by atoms with Crippen molar-refractivity contribution in [3.8, 4) is 5.75 Å². The van der Waals surface area contributed by atoms with Crippen molar-refractivity contribution in [1.82, 2.24) is 24.4 Å². The molecule has 0 saturated carbocycles. The number of imidazole rings is 1. The summed E-state index contributed by atoms with van der Waals surface area (Å²) in [6, 6.07) is 12.1. The number of hydroxylamine groups is 1. The van der Waals surface area contributed by atoms with Gasteiger partial charge in [-0.05, 0) is 39.1 Å². The number of esters is 1. The number of nitrogen functional groups attached to an aromatic ring is 1. The minimum Gasteiger partial charge on any atom is -0.462 e. The standard InChI is InChI=1S/C28H34FN7O6PS/c1-15(2)40-25(38)16(3)36(42-19-12-8-10-17-9-6-7-11-18(17)19)43(44)39-13-20-22(37)28(4,29)26(41-20)35-14-32-21-23(31-5)33-27(30)34-24(21)35/h6-12,14-16,20,22,26,37H,13H2,1-5H3,(H3,30,31,33,34)/q+1/t16-,20-,22-,26-,28-/m1/s1. The summed E-state index contributed by atoms with van der Waals surface area (Å²) in [7, 11) is -0.424. The number of anilines is 2. The van der Waals surface area contributed by atoms with Crippen molar-refractivity contribution in [2.45, 2.75) is 63.9 Å². The van der Waals surface area contributed by atoms with Crippen molar-refractivity contribution >= 4 is 58.6 Å². The van der Waals surface area contributed by atoms with Gasteiger partial charge in [0.25, 0.3) is 0 Å². The van der Waals surface area contributed by atoms with Crippen LogP contribution in [-0.4, -0.2) is 79.1 Å². The molecule has 1 aliphatic rings. The summed E-state index contributed by atoms with van der Waals surface area (Å²) < 4.78 is 34.8. The maximum atomic E-state index is 16.1. The lowest BCUT2D eigenvalue weighted by atomic mass is 9.98. The molecular formula is C28H34FN7O6PS+. The van der Waals surface area contributed by atoms with Crippen molar-refractivity contribution in [3.05, 3.63) is 48.8 Å². The van der Waals surface area contributed by atoms with E-state index in [0.717, 1.165) is 10.8 Å². The fourth-order valence-corrected chi connectivity index (χ4v) is 6.50. The van der Waals surface area contributed by atoms with Gasteiger partial charge >= 0.3 is 13.0 Å². The average Bonchev–Trinajstić information content (AvgIpc) is 3.50. The van der Waals surface area contributed by atoms with E-state index < -0.39 is 43.2 Å². The Labute approximate surface area is 259 Å². The summed E-state index contributed by atoms with van der Waals surface area (Å²) in [4.78, 5) is 33.0. The molecule has 0 amide bonds. The van der Waals surface area contributed by atoms with Crippen LogP contribution in [0.2, 0.25) is 0 Å². The molecule has 4 N–H and O–H groups in total. The van der Waals surface area contributed by atoms with Crippen LogP contribution in [0.1, 0.15) is 33.9 Å². The van der Waals surface area contributed by atoms with Gasteiger partial charge in [0.15, 0.2) is 40.7 Å². The fraction of sp³-hybridized carbons (Fsp3) is 0.429. The number of nitrogens with two attached hydrogens (primary N) is 1. The zero-order valence-electron chi connectivity index (χ0n) is 24.7. The highest BCUT2D eigenvalue weighted by Gasteiger charge is 2.56. The maximum Gasteiger partial charge on any atom is 0.480 e. The van der Waals surface area contributed by atoms with E-state index in [-0.39, 0.29) is 24.3 Å². The largest absolute Gasteiger partial charge is 0.480 e. The van der Waals surface area contributed by atoms with Gasteiger partial charge in [-0.2, -0.15) is 9.97 Å². The molecule has 4 aromatic rings. The molecule has 2 aromatic carbocycles. The first-order valence-corrected chi connectivity index (χ1v) is 16.1. The maximum absolute atomic E-state index is 16.1. The Bertz CT molecular complexity index is 1690. The molecule has 234 valence electrons. The van der Waals surface area contributed by atoms with E-state index in [0.29, 0.717) is 17.1 Å². The molecule has 6 atom stereocenters. The summed E-state index contributed by atoms with van der Waals surface area (Å²) in [6.45, 7) is 5.97. The number of fused-ring (bicyclic) bond motifs is 2. The van der Waals surface area contributed by atoms with Crippen LogP contribution >= 0.6 is 7.07 Å². The Kier molecular flexibility index (Phi) is 9.25. The van der Waals surface area contributed by atoms with E-state index in [4.69, 9.17) is 36.4 Å². The number of nitrogens with one attached hydrogen (secondary N) is 1. The predicted molar refractivity (Wildman–Crippen MR) is 166 cm³/mol. The highest BCUT2D eigenvalue weighted by molar-refractivity contribution is 8.01. The number of hydrogen-bond donors (Lipinski definition) is 3. The third kappa shape index (κ3) is 6.16. The molecule has 44 heavy (non-hydrogen) atoms. The Morgan fingerprint density at radius 3 is 2.73 bits per heavy atom. The lowest BCUT2D eigenvalue weighted by molar-refractivity contribution is -0.158.